The van der Waals surface area contributed by atoms with Crippen LogP contribution >= 0.6 is 0 Å². The van der Waals surface area contributed by atoms with E-state index in [1.165, 1.54) is 0 Å². The second-order valence-corrected chi connectivity index (χ2v) is 3.02. The molecule has 1 fully saturated rings. The third kappa shape index (κ3) is 1.83. The van der Waals surface area contributed by atoms with Gasteiger partial charge >= 0.3 is 6.09 Å². The molecule has 1 amide bonds. The standard InChI is InChI=1S/C7H14N2O2/c8-5-7(11-6(9)10)3-1-2-4-7/h1-5,8H2,(H2,9,10). The highest BCUT2D eigenvalue weighted by Gasteiger charge is 2.35. The van der Waals surface area contributed by atoms with E-state index < -0.39 is 11.7 Å². The van der Waals surface area contributed by atoms with Crippen molar-refractivity contribution in [2.45, 2.75) is 31.3 Å². The molecule has 0 bridgehead atoms. The molecule has 11 heavy (non-hydrogen) atoms. The maximum Gasteiger partial charge on any atom is 0.405 e. The summed E-state index contributed by atoms with van der Waals surface area (Å²) in [6.07, 6.45) is 3.14. The number of hydrogen-bond acceptors (Lipinski definition) is 3. The summed E-state index contributed by atoms with van der Waals surface area (Å²) in [6, 6.07) is 0. The summed E-state index contributed by atoms with van der Waals surface area (Å²) >= 11 is 0. The van der Waals surface area contributed by atoms with Crippen LogP contribution in [0, 0.1) is 0 Å². The lowest BCUT2D eigenvalue weighted by Gasteiger charge is -2.25. The van der Waals surface area contributed by atoms with Gasteiger partial charge < -0.3 is 16.2 Å². The predicted molar refractivity (Wildman–Crippen MR) is 40.9 cm³/mol. The number of primary amides is 1. The molecule has 1 rings (SSSR count). The number of amides is 1. The summed E-state index contributed by atoms with van der Waals surface area (Å²) in [5.74, 6) is 0. The number of hydrogen-bond donors (Lipinski definition) is 2. The molecule has 0 aromatic carbocycles. The first-order valence-corrected chi connectivity index (χ1v) is 3.87. The lowest BCUT2D eigenvalue weighted by Crippen LogP contribution is -2.41. The van der Waals surface area contributed by atoms with E-state index in [-0.39, 0.29) is 0 Å². The minimum atomic E-state index is -0.711. The summed E-state index contributed by atoms with van der Waals surface area (Å²) in [5.41, 5.74) is 9.96. The van der Waals surface area contributed by atoms with Gasteiger partial charge in [0.25, 0.3) is 0 Å². The molecule has 0 heterocycles. The van der Waals surface area contributed by atoms with Crippen molar-refractivity contribution in [1.82, 2.24) is 0 Å². The van der Waals surface area contributed by atoms with Gasteiger partial charge in [0.15, 0.2) is 0 Å². The molecule has 0 atom stereocenters. The average Bonchev–Trinajstić information content (AvgIpc) is 2.36. The van der Waals surface area contributed by atoms with E-state index in [9.17, 15) is 4.79 Å². The van der Waals surface area contributed by atoms with Crippen LogP contribution in [0.5, 0.6) is 0 Å². The van der Waals surface area contributed by atoms with Crippen molar-refractivity contribution in [3.8, 4) is 0 Å². The first kappa shape index (κ1) is 8.33. The van der Waals surface area contributed by atoms with Crippen molar-refractivity contribution in [2.24, 2.45) is 11.5 Å². The van der Waals surface area contributed by atoms with E-state index in [0.717, 1.165) is 25.7 Å². The van der Waals surface area contributed by atoms with Gasteiger partial charge in [-0.1, -0.05) is 0 Å². The monoisotopic (exact) mass is 158 g/mol. The Morgan fingerprint density at radius 2 is 2.00 bits per heavy atom. The molecule has 0 aromatic heterocycles. The first-order valence-electron chi connectivity index (χ1n) is 3.87. The SMILES string of the molecule is NCC1(OC(N)=O)CCCC1. The first-order chi connectivity index (χ1) is 5.18. The summed E-state index contributed by atoms with van der Waals surface area (Å²) in [5, 5.41) is 0. The minimum absolute atomic E-state index is 0.385. The van der Waals surface area contributed by atoms with Gasteiger partial charge in [-0.05, 0) is 25.7 Å². The fourth-order valence-electron chi connectivity index (χ4n) is 1.58. The van der Waals surface area contributed by atoms with Gasteiger partial charge in [0.05, 0.1) is 0 Å². The number of nitrogens with two attached hydrogens (primary N) is 2. The van der Waals surface area contributed by atoms with Crippen LogP contribution in [0.4, 0.5) is 4.79 Å². The maximum atomic E-state index is 10.5. The Morgan fingerprint density at radius 3 is 2.36 bits per heavy atom. The molecule has 64 valence electrons. The Labute approximate surface area is 65.9 Å². The van der Waals surface area contributed by atoms with Crippen molar-refractivity contribution in [3.05, 3.63) is 0 Å². The van der Waals surface area contributed by atoms with Crippen LogP contribution < -0.4 is 11.5 Å². The molecule has 1 aliphatic carbocycles. The average molecular weight is 158 g/mol. The zero-order valence-electron chi connectivity index (χ0n) is 6.51. The van der Waals surface area contributed by atoms with E-state index in [4.69, 9.17) is 16.2 Å². The molecule has 0 radical (unpaired) electrons. The second kappa shape index (κ2) is 3.09. The number of ether oxygens (including phenoxy) is 1. The van der Waals surface area contributed by atoms with Crippen molar-refractivity contribution >= 4 is 6.09 Å². The molecule has 1 saturated carbocycles. The summed E-state index contributed by atoms with van der Waals surface area (Å²) in [6.45, 7) is 0.385. The molecule has 4 nitrogen and oxygen atoms in total. The lowest BCUT2D eigenvalue weighted by molar-refractivity contribution is 0.0288. The summed E-state index contributed by atoms with van der Waals surface area (Å²) < 4.78 is 4.96. The molecule has 4 heteroatoms. The molecular formula is C7H14N2O2. The Morgan fingerprint density at radius 1 is 1.45 bits per heavy atom. The molecule has 0 spiro atoms. The van der Waals surface area contributed by atoms with Gasteiger partial charge in [-0.3, -0.25) is 0 Å². The highest BCUT2D eigenvalue weighted by Crippen LogP contribution is 2.31. The molecule has 4 N–H and O–H groups in total. The van der Waals surface area contributed by atoms with Crippen LogP contribution in [-0.4, -0.2) is 18.2 Å². The fourth-order valence-corrected chi connectivity index (χ4v) is 1.58. The van der Waals surface area contributed by atoms with Gasteiger partial charge in [-0.15, -0.1) is 0 Å². The van der Waals surface area contributed by atoms with E-state index in [0.29, 0.717) is 6.54 Å². The van der Waals surface area contributed by atoms with Crippen molar-refractivity contribution < 1.29 is 9.53 Å². The Hall–Kier alpha value is -0.770. The quantitative estimate of drug-likeness (QED) is 0.608. The third-order valence-electron chi connectivity index (χ3n) is 2.20. The van der Waals surface area contributed by atoms with E-state index >= 15 is 0 Å². The van der Waals surface area contributed by atoms with Crippen molar-refractivity contribution in [1.29, 1.82) is 0 Å². The smallest absolute Gasteiger partial charge is 0.405 e. The highest BCUT2D eigenvalue weighted by atomic mass is 16.6. The third-order valence-corrected chi connectivity index (χ3v) is 2.20. The van der Waals surface area contributed by atoms with Crippen LogP contribution in [-0.2, 0) is 4.74 Å². The number of rotatable bonds is 2. The molecule has 0 aliphatic heterocycles. The van der Waals surface area contributed by atoms with Gasteiger partial charge in [0.2, 0.25) is 0 Å². The van der Waals surface area contributed by atoms with Crippen LogP contribution in [0.25, 0.3) is 0 Å². The van der Waals surface area contributed by atoms with Gasteiger partial charge in [0, 0.05) is 6.54 Å². The Balaban J connectivity index is 2.52. The van der Waals surface area contributed by atoms with Gasteiger partial charge in [-0.2, -0.15) is 0 Å². The summed E-state index contributed by atoms with van der Waals surface area (Å²) in [4.78, 5) is 10.5. The minimum Gasteiger partial charge on any atom is -0.442 e. The molecule has 0 saturated heterocycles. The maximum absolute atomic E-state index is 10.5. The van der Waals surface area contributed by atoms with E-state index in [1.807, 2.05) is 0 Å². The number of carbonyl (C=O) groups is 1. The molecule has 0 aromatic rings. The molecule has 0 unspecified atom stereocenters. The second-order valence-electron chi connectivity index (χ2n) is 3.02. The van der Waals surface area contributed by atoms with Gasteiger partial charge in [-0.25, -0.2) is 4.79 Å². The van der Waals surface area contributed by atoms with E-state index in [2.05, 4.69) is 0 Å². The van der Waals surface area contributed by atoms with Gasteiger partial charge in [0.1, 0.15) is 5.60 Å². The molecule has 1 aliphatic rings. The van der Waals surface area contributed by atoms with Crippen molar-refractivity contribution in [2.75, 3.05) is 6.54 Å². The van der Waals surface area contributed by atoms with Crippen LogP contribution in [0.3, 0.4) is 0 Å². The largest absolute Gasteiger partial charge is 0.442 e. The fraction of sp³-hybridized carbons (Fsp3) is 0.857. The van der Waals surface area contributed by atoms with Crippen LogP contribution in [0.15, 0.2) is 0 Å². The van der Waals surface area contributed by atoms with E-state index in [1.54, 1.807) is 0 Å². The zero-order valence-corrected chi connectivity index (χ0v) is 6.51. The predicted octanol–water partition coefficient (Wildman–Crippen LogP) is 0.353. The molecular weight excluding hydrogens is 144 g/mol. The van der Waals surface area contributed by atoms with Crippen LogP contribution in [0.1, 0.15) is 25.7 Å². The highest BCUT2D eigenvalue weighted by molar-refractivity contribution is 5.65. The van der Waals surface area contributed by atoms with Crippen LogP contribution in [0.2, 0.25) is 0 Å². The topological polar surface area (TPSA) is 78.3 Å². The van der Waals surface area contributed by atoms with Crippen molar-refractivity contribution in [3.63, 3.8) is 0 Å². The lowest BCUT2D eigenvalue weighted by atomic mass is 10.0. The Kier molecular flexibility index (Phi) is 2.34. The Bertz CT molecular complexity index is 153. The summed E-state index contributed by atoms with van der Waals surface area (Å²) in [7, 11) is 0. The zero-order chi connectivity index (χ0) is 8.32. The number of carbonyl (C=O) groups excluding carboxylic acids is 1. The normalized spacial score (nSPS) is 21.5.